The summed E-state index contributed by atoms with van der Waals surface area (Å²) in [5.41, 5.74) is 0. The van der Waals surface area contributed by atoms with Gasteiger partial charge in [-0.25, -0.2) is 0 Å². The fourth-order valence-electron chi connectivity index (χ4n) is 3.98. The van der Waals surface area contributed by atoms with Crippen LogP contribution in [0.3, 0.4) is 0 Å². The Bertz CT molecular complexity index is 569. The zero-order chi connectivity index (χ0) is 19.1. The third-order valence-corrected chi connectivity index (χ3v) is 6.34. The minimum atomic E-state index is 0. The van der Waals surface area contributed by atoms with Crippen LogP contribution in [0, 0.1) is 5.92 Å². The van der Waals surface area contributed by atoms with E-state index in [-0.39, 0.29) is 24.0 Å². The Labute approximate surface area is 191 Å². The third-order valence-electron chi connectivity index (χ3n) is 5.41. The van der Waals surface area contributed by atoms with E-state index < -0.39 is 0 Å². The molecule has 2 aliphatic heterocycles. The van der Waals surface area contributed by atoms with Gasteiger partial charge in [0.1, 0.15) is 0 Å². The van der Waals surface area contributed by atoms with E-state index >= 15 is 0 Å². The van der Waals surface area contributed by atoms with Crippen molar-refractivity contribution in [1.82, 2.24) is 15.1 Å². The second-order valence-electron chi connectivity index (χ2n) is 7.79. The minimum absolute atomic E-state index is 0. The lowest BCUT2D eigenvalue weighted by molar-refractivity contribution is 0.0131. The molecule has 3 rings (SSSR count). The maximum atomic E-state index is 5.54. The number of aliphatic imine (C=N–C) groups is 1. The number of thiophene rings is 1. The molecule has 1 aromatic rings. The Morgan fingerprint density at radius 1 is 1.18 bits per heavy atom. The van der Waals surface area contributed by atoms with Gasteiger partial charge < -0.3 is 19.9 Å². The number of anilines is 1. The van der Waals surface area contributed by atoms with Crippen LogP contribution in [0.4, 0.5) is 5.00 Å². The zero-order valence-electron chi connectivity index (χ0n) is 17.5. The van der Waals surface area contributed by atoms with Crippen LogP contribution in [0.2, 0.25) is 0 Å². The van der Waals surface area contributed by atoms with Crippen LogP contribution in [-0.2, 0) is 4.74 Å². The van der Waals surface area contributed by atoms with E-state index in [1.54, 1.807) is 0 Å². The van der Waals surface area contributed by atoms with Crippen molar-refractivity contribution in [3.05, 3.63) is 17.5 Å². The summed E-state index contributed by atoms with van der Waals surface area (Å²) in [4.78, 5) is 12.0. The predicted octanol–water partition coefficient (Wildman–Crippen LogP) is 2.81. The van der Waals surface area contributed by atoms with Gasteiger partial charge in [0.05, 0.1) is 18.2 Å². The molecule has 2 fully saturated rings. The number of hydrogen-bond donors (Lipinski definition) is 1. The van der Waals surface area contributed by atoms with Gasteiger partial charge in [0.15, 0.2) is 5.96 Å². The molecule has 1 unspecified atom stereocenters. The Balaban J connectivity index is 0.00000280. The molecule has 1 aromatic heterocycles. The predicted molar refractivity (Wildman–Crippen MR) is 131 cm³/mol. The molecule has 1 atom stereocenters. The van der Waals surface area contributed by atoms with E-state index in [1.807, 2.05) is 18.4 Å². The Kier molecular flexibility index (Phi) is 10.3. The van der Waals surface area contributed by atoms with E-state index in [0.717, 1.165) is 65.0 Å². The lowest BCUT2D eigenvalue weighted by atomic mass is 10.0. The topological polar surface area (TPSA) is 43.3 Å². The van der Waals surface area contributed by atoms with Crippen LogP contribution >= 0.6 is 35.3 Å². The Morgan fingerprint density at radius 3 is 2.46 bits per heavy atom. The van der Waals surface area contributed by atoms with Gasteiger partial charge in [-0.15, -0.1) is 35.3 Å². The fraction of sp³-hybridized carbons (Fsp3) is 0.750. The quantitative estimate of drug-likeness (QED) is 0.355. The number of hydrogen-bond acceptors (Lipinski definition) is 5. The van der Waals surface area contributed by atoms with Crippen LogP contribution in [0.25, 0.3) is 0 Å². The highest BCUT2D eigenvalue weighted by Crippen LogP contribution is 2.22. The summed E-state index contributed by atoms with van der Waals surface area (Å²) in [6.07, 6.45) is 1.20. The number of nitrogens with one attached hydrogen (secondary N) is 1. The summed E-state index contributed by atoms with van der Waals surface area (Å²) >= 11 is 1.83. The first-order valence-electron chi connectivity index (χ1n) is 10.2. The van der Waals surface area contributed by atoms with Crippen molar-refractivity contribution in [3.8, 4) is 0 Å². The second-order valence-corrected chi connectivity index (χ2v) is 8.71. The van der Waals surface area contributed by atoms with Gasteiger partial charge in [0.25, 0.3) is 0 Å². The maximum absolute atomic E-state index is 5.54. The summed E-state index contributed by atoms with van der Waals surface area (Å²) in [5.74, 6) is 1.74. The number of morpholine rings is 1. The Hall–Kier alpha value is -0.580. The highest BCUT2D eigenvalue weighted by molar-refractivity contribution is 14.0. The normalized spacial score (nSPS) is 20.2. The van der Waals surface area contributed by atoms with Crippen molar-refractivity contribution < 1.29 is 4.74 Å². The van der Waals surface area contributed by atoms with Crippen molar-refractivity contribution >= 4 is 46.3 Å². The summed E-state index contributed by atoms with van der Waals surface area (Å²) in [6.45, 7) is 13.5. The molecule has 1 N–H and O–H groups in total. The number of halogens is 1. The van der Waals surface area contributed by atoms with E-state index in [4.69, 9.17) is 4.74 Å². The summed E-state index contributed by atoms with van der Waals surface area (Å²) < 4.78 is 5.54. The average molecular weight is 522 g/mol. The first kappa shape index (κ1) is 23.7. The van der Waals surface area contributed by atoms with Gasteiger partial charge in [0, 0.05) is 58.9 Å². The van der Waals surface area contributed by atoms with Gasteiger partial charge in [-0.1, -0.05) is 13.8 Å². The molecule has 2 aliphatic rings. The first-order valence-corrected chi connectivity index (χ1v) is 11.1. The van der Waals surface area contributed by atoms with Crippen molar-refractivity contribution in [2.45, 2.75) is 26.3 Å². The molecule has 3 heterocycles. The zero-order valence-corrected chi connectivity index (χ0v) is 20.6. The molecule has 0 amide bonds. The maximum Gasteiger partial charge on any atom is 0.193 e. The molecule has 6 nitrogen and oxygen atoms in total. The standard InChI is InChI=1S/C20H35N5OS.HI/c1-17(2)15-18(23-10-12-26-13-11-23)16-22-20(21-3)25-8-6-24(7-9-25)19-5-4-14-27-19;/h4-5,14,17-18H,6-13,15-16H2,1-3H3,(H,21,22);1H. The fourth-order valence-corrected chi connectivity index (χ4v) is 4.76. The SMILES string of the molecule is CN=C(NCC(CC(C)C)N1CCOCC1)N1CCN(c2cccs2)CC1.I. The molecule has 0 radical (unpaired) electrons. The van der Waals surface area contributed by atoms with E-state index in [0.29, 0.717) is 12.0 Å². The van der Waals surface area contributed by atoms with Crippen molar-refractivity contribution in [1.29, 1.82) is 0 Å². The first-order chi connectivity index (χ1) is 13.2. The molecule has 8 heteroatoms. The summed E-state index contributed by atoms with van der Waals surface area (Å²) in [6, 6.07) is 4.89. The number of guanidine groups is 1. The molecule has 28 heavy (non-hydrogen) atoms. The lowest BCUT2D eigenvalue weighted by Gasteiger charge is -2.39. The van der Waals surface area contributed by atoms with Gasteiger partial charge in [-0.2, -0.15) is 0 Å². The third kappa shape index (κ3) is 6.74. The van der Waals surface area contributed by atoms with Crippen molar-refractivity contribution in [2.24, 2.45) is 10.9 Å². The number of ether oxygens (including phenoxy) is 1. The molecule has 0 saturated carbocycles. The summed E-state index contributed by atoms with van der Waals surface area (Å²) in [5, 5.41) is 7.20. The van der Waals surface area contributed by atoms with E-state index in [9.17, 15) is 0 Å². The second kappa shape index (κ2) is 12.2. The van der Waals surface area contributed by atoms with Crippen LogP contribution < -0.4 is 10.2 Å². The molecule has 2 saturated heterocycles. The molecule has 0 spiro atoms. The van der Waals surface area contributed by atoms with Gasteiger partial charge >= 0.3 is 0 Å². The lowest BCUT2D eigenvalue weighted by Crippen LogP contribution is -2.55. The van der Waals surface area contributed by atoms with Gasteiger partial charge in [0.2, 0.25) is 0 Å². The molecule has 0 bridgehead atoms. The van der Waals surface area contributed by atoms with Gasteiger partial charge in [-0.3, -0.25) is 9.89 Å². The van der Waals surface area contributed by atoms with Crippen molar-refractivity contribution in [3.63, 3.8) is 0 Å². The monoisotopic (exact) mass is 521 g/mol. The average Bonchev–Trinajstić information content (AvgIpc) is 3.23. The Morgan fingerprint density at radius 2 is 1.89 bits per heavy atom. The number of rotatable bonds is 6. The highest BCUT2D eigenvalue weighted by atomic mass is 127. The minimum Gasteiger partial charge on any atom is -0.379 e. The van der Waals surface area contributed by atoms with Crippen LogP contribution in [0.1, 0.15) is 20.3 Å². The molecule has 0 aliphatic carbocycles. The molecule has 0 aromatic carbocycles. The molecule has 160 valence electrons. The van der Waals surface area contributed by atoms with Crippen LogP contribution in [0.15, 0.2) is 22.5 Å². The molecular formula is C20H36IN5OS. The van der Waals surface area contributed by atoms with E-state index in [1.165, 1.54) is 11.4 Å². The number of nitrogens with zero attached hydrogens (tertiary/aromatic N) is 4. The van der Waals surface area contributed by atoms with Crippen molar-refractivity contribution in [2.75, 3.05) is 71.0 Å². The molecular weight excluding hydrogens is 485 g/mol. The highest BCUT2D eigenvalue weighted by Gasteiger charge is 2.24. The largest absolute Gasteiger partial charge is 0.379 e. The van der Waals surface area contributed by atoms with Gasteiger partial charge in [-0.05, 0) is 29.9 Å². The van der Waals surface area contributed by atoms with Crippen LogP contribution in [0.5, 0.6) is 0 Å². The van der Waals surface area contributed by atoms with E-state index in [2.05, 4.69) is 56.4 Å². The summed E-state index contributed by atoms with van der Waals surface area (Å²) in [7, 11) is 1.90. The van der Waals surface area contributed by atoms with Crippen LogP contribution in [-0.4, -0.2) is 87.9 Å². The smallest absolute Gasteiger partial charge is 0.193 e. The number of piperazine rings is 1.